The number of carbonyl (C=O) groups excluding carboxylic acids is 1. The van der Waals surface area contributed by atoms with E-state index in [9.17, 15) is 18.0 Å². The van der Waals surface area contributed by atoms with Crippen LogP contribution in [0.15, 0.2) is 18.2 Å². The Bertz CT molecular complexity index is 587. The number of amides is 1. The highest BCUT2D eigenvalue weighted by Crippen LogP contribution is 2.29. The molecule has 0 aromatic heterocycles. The quantitative estimate of drug-likeness (QED) is 0.819. The predicted octanol–water partition coefficient (Wildman–Crippen LogP) is 2.42. The van der Waals surface area contributed by atoms with Crippen LogP contribution >= 0.6 is 0 Å². The molecule has 1 heterocycles. The lowest BCUT2D eigenvalue weighted by Gasteiger charge is -2.33. The number of ether oxygens (including phenoxy) is 1. The van der Waals surface area contributed by atoms with E-state index >= 15 is 0 Å². The summed E-state index contributed by atoms with van der Waals surface area (Å²) >= 11 is 0. The van der Waals surface area contributed by atoms with E-state index in [4.69, 9.17) is 4.74 Å². The Hall–Kier alpha value is -1.80. The van der Waals surface area contributed by atoms with Crippen molar-refractivity contribution in [3.05, 3.63) is 23.8 Å². The van der Waals surface area contributed by atoms with Crippen LogP contribution in [0.5, 0.6) is 5.75 Å². The van der Waals surface area contributed by atoms with Crippen molar-refractivity contribution in [3.63, 3.8) is 0 Å². The number of nitrogens with one attached hydrogen (secondary N) is 2. The first-order valence-corrected chi connectivity index (χ1v) is 8.40. The van der Waals surface area contributed by atoms with Gasteiger partial charge in [0, 0.05) is 32.2 Å². The number of nitrogens with zero attached hydrogens (tertiary/aromatic N) is 1. The maximum atomic E-state index is 12.4. The van der Waals surface area contributed by atoms with Crippen molar-refractivity contribution in [3.8, 4) is 5.75 Å². The van der Waals surface area contributed by atoms with Gasteiger partial charge in [-0.15, -0.1) is 0 Å². The molecule has 1 atom stereocenters. The van der Waals surface area contributed by atoms with Gasteiger partial charge in [-0.05, 0) is 38.0 Å². The second kappa shape index (κ2) is 8.53. The Labute approximate surface area is 145 Å². The standard InChI is InChI=1S/C17H24F3N3O2/c1-3-25-15-11-13(10-12(2)23-8-6-21-7-9-23)4-5-14(15)22-16(24)17(18,19)20/h4-5,11-12,21H,3,6-10H2,1-2H3,(H,22,24). The number of hydrogen-bond acceptors (Lipinski definition) is 4. The maximum Gasteiger partial charge on any atom is 0.471 e. The van der Waals surface area contributed by atoms with E-state index in [2.05, 4.69) is 17.1 Å². The molecule has 25 heavy (non-hydrogen) atoms. The minimum atomic E-state index is -4.93. The van der Waals surface area contributed by atoms with Crippen molar-refractivity contribution in [2.45, 2.75) is 32.5 Å². The van der Waals surface area contributed by atoms with Crippen LogP contribution in [0.4, 0.5) is 18.9 Å². The van der Waals surface area contributed by atoms with E-state index in [0.717, 1.165) is 38.2 Å². The van der Waals surface area contributed by atoms with Gasteiger partial charge in [0.15, 0.2) is 0 Å². The average molecular weight is 359 g/mol. The normalized spacial score (nSPS) is 17.2. The van der Waals surface area contributed by atoms with Crippen molar-refractivity contribution >= 4 is 11.6 Å². The van der Waals surface area contributed by atoms with E-state index in [1.54, 1.807) is 19.1 Å². The fraction of sp³-hybridized carbons (Fsp3) is 0.588. The molecule has 1 aromatic carbocycles. The summed E-state index contributed by atoms with van der Waals surface area (Å²) in [4.78, 5) is 13.5. The first-order chi connectivity index (χ1) is 11.8. The summed E-state index contributed by atoms with van der Waals surface area (Å²) in [5.74, 6) is -1.75. The highest BCUT2D eigenvalue weighted by Gasteiger charge is 2.39. The zero-order valence-corrected chi connectivity index (χ0v) is 14.4. The van der Waals surface area contributed by atoms with Crippen LogP contribution in [0.25, 0.3) is 0 Å². The monoisotopic (exact) mass is 359 g/mol. The Morgan fingerprint density at radius 3 is 2.64 bits per heavy atom. The molecular weight excluding hydrogens is 335 g/mol. The molecule has 0 saturated carbocycles. The van der Waals surface area contributed by atoms with Gasteiger partial charge >= 0.3 is 12.1 Å². The molecule has 2 rings (SSSR count). The molecule has 1 aliphatic heterocycles. The summed E-state index contributed by atoms with van der Waals surface area (Å²) in [6, 6.07) is 5.21. The molecule has 0 spiro atoms. The second-order valence-electron chi connectivity index (χ2n) is 6.05. The highest BCUT2D eigenvalue weighted by atomic mass is 19.4. The third kappa shape index (κ3) is 5.61. The number of halogens is 3. The van der Waals surface area contributed by atoms with Gasteiger partial charge in [0.25, 0.3) is 0 Å². The molecule has 1 fully saturated rings. The van der Waals surface area contributed by atoms with Crippen LogP contribution in [0.1, 0.15) is 19.4 Å². The number of benzene rings is 1. The molecule has 1 unspecified atom stereocenters. The number of alkyl halides is 3. The number of rotatable bonds is 6. The van der Waals surface area contributed by atoms with Crippen LogP contribution < -0.4 is 15.4 Å². The third-order valence-electron chi connectivity index (χ3n) is 4.16. The highest BCUT2D eigenvalue weighted by molar-refractivity contribution is 5.96. The second-order valence-corrected chi connectivity index (χ2v) is 6.05. The molecule has 140 valence electrons. The predicted molar refractivity (Wildman–Crippen MR) is 89.9 cm³/mol. The number of piperazine rings is 1. The Balaban J connectivity index is 2.10. The van der Waals surface area contributed by atoms with E-state index in [0.29, 0.717) is 12.6 Å². The summed E-state index contributed by atoms with van der Waals surface area (Å²) < 4.78 is 42.8. The summed E-state index contributed by atoms with van der Waals surface area (Å²) in [5, 5.41) is 5.17. The average Bonchev–Trinajstić information content (AvgIpc) is 2.57. The van der Waals surface area contributed by atoms with E-state index in [1.165, 1.54) is 6.07 Å². The van der Waals surface area contributed by atoms with Crippen LogP contribution in [0.3, 0.4) is 0 Å². The fourth-order valence-electron chi connectivity index (χ4n) is 2.86. The number of anilines is 1. The van der Waals surface area contributed by atoms with Gasteiger partial charge in [-0.25, -0.2) is 0 Å². The van der Waals surface area contributed by atoms with Crippen molar-refractivity contribution in [1.29, 1.82) is 0 Å². The molecule has 5 nitrogen and oxygen atoms in total. The van der Waals surface area contributed by atoms with Crippen LogP contribution in [-0.4, -0.2) is 55.8 Å². The van der Waals surface area contributed by atoms with Crippen molar-refractivity contribution in [2.24, 2.45) is 0 Å². The first kappa shape index (κ1) is 19.5. The van der Waals surface area contributed by atoms with Gasteiger partial charge in [0.05, 0.1) is 12.3 Å². The van der Waals surface area contributed by atoms with E-state index in [-0.39, 0.29) is 11.4 Å². The minimum absolute atomic E-state index is 0.0303. The summed E-state index contributed by atoms with van der Waals surface area (Å²) in [7, 11) is 0. The van der Waals surface area contributed by atoms with Gasteiger partial charge in [-0.2, -0.15) is 13.2 Å². The number of hydrogen-bond donors (Lipinski definition) is 2. The molecule has 0 aliphatic carbocycles. The Morgan fingerprint density at radius 1 is 1.36 bits per heavy atom. The minimum Gasteiger partial charge on any atom is -0.492 e. The Kier molecular flexibility index (Phi) is 6.66. The Morgan fingerprint density at radius 2 is 2.04 bits per heavy atom. The SMILES string of the molecule is CCOc1cc(CC(C)N2CCNCC2)ccc1NC(=O)C(F)(F)F. The summed E-state index contributed by atoms with van der Waals surface area (Å²) in [6.45, 7) is 8.02. The fourth-order valence-corrected chi connectivity index (χ4v) is 2.86. The smallest absolute Gasteiger partial charge is 0.471 e. The zero-order chi connectivity index (χ0) is 18.4. The van der Waals surface area contributed by atoms with Crippen molar-refractivity contribution in [2.75, 3.05) is 38.1 Å². The lowest BCUT2D eigenvalue weighted by atomic mass is 10.0. The van der Waals surface area contributed by atoms with E-state index in [1.807, 2.05) is 5.32 Å². The molecule has 1 amide bonds. The molecule has 1 aliphatic rings. The molecule has 1 saturated heterocycles. The van der Waals surface area contributed by atoms with Gasteiger partial charge in [0.2, 0.25) is 0 Å². The van der Waals surface area contributed by atoms with Crippen LogP contribution in [-0.2, 0) is 11.2 Å². The molecule has 1 aromatic rings. The topological polar surface area (TPSA) is 53.6 Å². The van der Waals surface area contributed by atoms with E-state index < -0.39 is 12.1 Å². The van der Waals surface area contributed by atoms with Gasteiger partial charge in [-0.3, -0.25) is 9.69 Å². The molecular formula is C17H24F3N3O2. The maximum absolute atomic E-state index is 12.4. The molecule has 8 heteroatoms. The molecule has 0 radical (unpaired) electrons. The first-order valence-electron chi connectivity index (χ1n) is 8.40. The summed E-state index contributed by atoms with van der Waals surface area (Å²) in [6.07, 6.45) is -4.17. The molecule has 2 N–H and O–H groups in total. The van der Waals surface area contributed by atoms with Crippen molar-refractivity contribution in [1.82, 2.24) is 10.2 Å². The van der Waals surface area contributed by atoms with Gasteiger partial charge in [0.1, 0.15) is 5.75 Å². The summed E-state index contributed by atoms with van der Waals surface area (Å²) in [5.41, 5.74) is 0.988. The zero-order valence-electron chi connectivity index (χ0n) is 14.4. The lowest BCUT2D eigenvalue weighted by Crippen LogP contribution is -2.48. The lowest BCUT2D eigenvalue weighted by molar-refractivity contribution is -0.167. The third-order valence-corrected chi connectivity index (χ3v) is 4.16. The van der Waals surface area contributed by atoms with Gasteiger partial charge in [-0.1, -0.05) is 6.07 Å². The van der Waals surface area contributed by atoms with Gasteiger partial charge < -0.3 is 15.4 Å². The van der Waals surface area contributed by atoms with Crippen LogP contribution in [0, 0.1) is 0 Å². The van der Waals surface area contributed by atoms with Crippen LogP contribution in [0.2, 0.25) is 0 Å². The van der Waals surface area contributed by atoms with Crippen molar-refractivity contribution < 1.29 is 22.7 Å². The molecule has 0 bridgehead atoms. The number of carbonyl (C=O) groups is 1. The largest absolute Gasteiger partial charge is 0.492 e.